The van der Waals surface area contributed by atoms with Gasteiger partial charge in [0.15, 0.2) is 0 Å². The molecule has 0 bridgehead atoms. The maximum atomic E-state index is 11.3. The van der Waals surface area contributed by atoms with E-state index in [1.54, 1.807) is 6.20 Å². The first-order valence-corrected chi connectivity index (χ1v) is 9.71. The number of hydrogen-bond donors (Lipinski definition) is 1. The standard InChI is InChI=1S/C22H20N2O3S/c1-3-21(25)24-16(2)9-14-20-15-23-22(28-20)27-19-12-10-18(11-13-19)26-17-7-5-4-6-8-17/h4-8,10-13,15-16H,3H2,1-2H3,(H,24,25). The molecule has 0 spiro atoms. The zero-order chi connectivity index (χ0) is 19.8. The average Bonchev–Trinajstić information content (AvgIpc) is 3.16. The van der Waals surface area contributed by atoms with Crippen LogP contribution in [-0.2, 0) is 4.79 Å². The van der Waals surface area contributed by atoms with E-state index in [4.69, 9.17) is 9.47 Å². The van der Waals surface area contributed by atoms with E-state index in [9.17, 15) is 4.79 Å². The summed E-state index contributed by atoms with van der Waals surface area (Å²) in [4.78, 5) is 16.4. The Morgan fingerprint density at radius 2 is 1.71 bits per heavy atom. The quantitative estimate of drug-likeness (QED) is 0.600. The monoisotopic (exact) mass is 392 g/mol. The van der Waals surface area contributed by atoms with E-state index in [0.29, 0.717) is 17.4 Å². The number of nitrogens with zero attached hydrogens (tertiary/aromatic N) is 1. The van der Waals surface area contributed by atoms with Crippen molar-refractivity contribution in [3.63, 3.8) is 0 Å². The van der Waals surface area contributed by atoms with Crippen LogP contribution < -0.4 is 14.8 Å². The highest BCUT2D eigenvalue weighted by molar-refractivity contribution is 7.13. The van der Waals surface area contributed by atoms with E-state index < -0.39 is 0 Å². The Bertz CT molecular complexity index is 972. The van der Waals surface area contributed by atoms with Crippen molar-refractivity contribution in [2.24, 2.45) is 0 Å². The topological polar surface area (TPSA) is 60.5 Å². The number of rotatable bonds is 6. The summed E-state index contributed by atoms with van der Waals surface area (Å²) in [6.45, 7) is 3.65. The van der Waals surface area contributed by atoms with Gasteiger partial charge in [-0.25, -0.2) is 4.98 Å². The van der Waals surface area contributed by atoms with E-state index in [0.717, 1.165) is 16.4 Å². The molecule has 1 amide bonds. The van der Waals surface area contributed by atoms with E-state index in [-0.39, 0.29) is 11.9 Å². The largest absolute Gasteiger partial charge is 0.457 e. The molecular weight excluding hydrogens is 372 g/mol. The second kappa shape index (κ2) is 9.58. The molecule has 0 aliphatic rings. The van der Waals surface area contributed by atoms with Crippen LogP contribution in [0.5, 0.6) is 22.4 Å². The summed E-state index contributed by atoms with van der Waals surface area (Å²) in [6, 6.07) is 16.7. The number of nitrogens with one attached hydrogen (secondary N) is 1. The lowest BCUT2D eigenvalue weighted by Crippen LogP contribution is -2.30. The molecule has 0 radical (unpaired) electrons. The summed E-state index contributed by atoms with van der Waals surface area (Å²) < 4.78 is 11.5. The van der Waals surface area contributed by atoms with Gasteiger partial charge in [-0.05, 0) is 43.3 Å². The molecule has 1 heterocycles. The number of carbonyl (C=O) groups is 1. The van der Waals surface area contributed by atoms with E-state index in [1.165, 1.54) is 11.3 Å². The first-order valence-electron chi connectivity index (χ1n) is 8.90. The van der Waals surface area contributed by atoms with Crippen molar-refractivity contribution in [1.82, 2.24) is 10.3 Å². The first-order chi connectivity index (χ1) is 13.6. The third kappa shape index (κ3) is 5.86. The van der Waals surface area contributed by atoms with Crippen LogP contribution in [0.3, 0.4) is 0 Å². The lowest BCUT2D eigenvalue weighted by atomic mass is 10.3. The zero-order valence-electron chi connectivity index (χ0n) is 15.6. The van der Waals surface area contributed by atoms with Crippen LogP contribution in [-0.4, -0.2) is 16.9 Å². The van der Waals surface area contributed by atoms with Crippen molar-refractivity contribution in [3.05, 3.63) is 65.7 Å². The van der Waals surface area contributed by atoms with Crippen LogP contribution in [0.4, 0.5) is 0 Å². The highest BCUT2D eigenvalue weighted by Crippen LogP contribution is 2.28. The molecule has 0 saturated carbocycles. The molecule has 0 saturated heterocycles. The van der Waals surface area contributed by atoms with Crippen molar-refractivity contribution in [2.75, 3.05) is 0 Å². The van der Waals surface area contributed by atoms with Gasteiger partial charge in [0.1, 0.15) is 22.1 Å². The van der Waals surface area contributed by atoms with Gasteiger partial charge < -0.3 is 14.8 Å². The fraction of sp³-hybridized carbons (Fsp3) is 0.182. The summed E-state index contributed by atoms with van der Waals surface area (Å²) >= 11 is 1.35. The number of benzene rings is 2. The Labute approximate surface area is 168 Å². The second-order valence-corrected chi connectivity index (χ2v) is 6.88. The van der Waals surface area contributed by atoms with Crippen LogP contribution >= 0.6 is 11.3 Å². The Kier molecular flexibility index (Phi) is 6.66. The summed E-state index contributed by atoms with van der Waals surface area (Å²) in [6.07, 6.45) is 2.11. The summed E-state index contributed by atoms with van der Waals surface area (Å²) in [7, 11) is 0. The molecule has 1 atom stereocenters. The molecule has 0 fully saturated rings. The predicted octanol–water partition coefficient (Wildman–Crippen LogP) is 4.99. The van der Waals surface area contributed by atoms with Crippen molar-refractivity contribution in [2.45, 2.75) is 26.3 Å². The van der Waals surface area contributed by atoms with Crippen molar-refractivity contribution in [1.29, 1.82) is 0 Å². The first kappa shape index (κ1) is 19.5. The highest BCUT2D eigenvalue weighted by atomic mass is 32.1. The average molecular weight is 392 g/mol. The van der Waals surface area contributed by atoms with Crippen LogP contribution in [0.2, 0.25) is 0 Å². The molecule has 3 rings (SSSR count). The maximum absolute atomic E-state index is 11.3. The minimum atomic E-state index is -0.212. The summed E-state index contributed by atoms with van der Waals surface area (Å²) in [5, 5.41) is 3.30. The zero-order valence-corrected chi connectivity index (χ0v) is 16.5. The number of aromatic nitrogens is 1. The third-order valence-electron chi connectivity index (χ3n) is 3.60. The maximum Gasteiger partial charge on any atom is 0.279 e. The van der Waals surface area contributed by atoms with Gasteiger partial charge in [0, 0.05) is 6.42 Å². The fourth-order valence-corrected chi connectivity index (χ4v) is 2.87. The van der Waals surface area contributed by atoms with Crippen LogP contribution in [0.1, 0.15) is 25.1 Å². The van der Waals surface area contributed by atoms with Crippen LogP contribution in [0.15, 0.2) is 60.8 Å². The number of carbonyl (C=O) groups excluding carboxylic acids is 1. The SMILES string of the molecule is CCC(=O)NC(C)C#Cc1cnc(Oc2ccc(Oc3ccccc3)cc2)s1. The number of hydrogen-bond acceptors (Lipinski definition) is 5. The molecule has 6 heteroatoms. The lowest BCUT2D eigenvalue weighted by molar-refractivity contribution is -0.121. The Hall–Kier alpha value is -3.30. The van der Waals surface area contributed by atoms with Gasteiger partial charge in [0.2, 0.25) is 5.91 Å². The minimum Gasteiger partial charge on any atom is -0.457 e. The molecule has 3 aromatic rings. The fourth-order valence-electron chi connectivity index (χ4n) is 2.22. The Morgan fingerprint density at radius 3 is 2.39 bits per heavy atom. The van der Waals surface area contributed by atoms with Gasteiger partial charge >= 0.3 is 0 Å². The minimum absolute atomic E-state index is 0.0187. The van der Waals surface area contributed by atoms with Gasteiger partial charge in [0.25, 0.3) is 5.19 Å². The van der Waals surface area contributed by atoms with Crippen molar-refractivity contribution >= 4 is 17.2 Å². The number of para-hydroxylation sites is 1. The van der Waals surface area contributed by atoms with Crippen molar-refractivity contribution < 1.29 is 14.3 Å². The molecule has 1 N–H and O–H groups in total. The van der Waals surface area contributed by atoms with E-state index >= 15 is 0 Å². The molecule has 0 aliphatic carbocycles. The molecule has 5 nitrogen and oxygen atoms in total. The van der Waals surface area contributed by atoms with Gasteiger partial charge in [-0.3, -0.25) is 4.79 Å². The molecular formula is C22H20N2O3S. The summed E-state index contributed by atoms with van der Waals surface area (Å²) in [5.74, 6) is 8.15. The van der Waals surface area contributed by atoms with E-state index in [2.05, 4.69) is 22.1 Å². The van der Waals surface area contributed by atoms with Crippen LogP contribution in [0.25, 0.3) is 0 Å². The molecule has 2 aromatic carbocycles. The van der Waals surface area contributed by atoms with E-state index in [1.807, 2.05) is 68.4 Å². The van der Waals surface area contributed by atoms with Gasteiger partial charge in [0.05, 0.1) is 12.2 Å². The van der Waals surface area contributed by atoms with Gasteiger partial charge in [-0.15, -0.1) is 0 Å². The molecule has 142 valence electrons. The smallest absolute Gasteiger partial charge is 0.279 e. The number of amides is 1. The molecule has 28 heavy (non-hydrogen) atoms. The number of ether oxygens (including phenoxy) is 2. The van der Waals surface area contributed by atoms with Crippen LogP contribution in [0, 0.1) is 11.8 Å². The Morgan fingerprint density at radius 1 is 1.07 bits per heavy atom. The van der Waals surface area contributed by atoms with Gasteiger partial charge in [-0.2, -0.15) is 0 Å². The number of thiazole rings is 1. The highest BCUT2D eigenvalue weighted by Gasteiger charge is 2.05. The molecule has 0 aliphatic heterocycles. The summed E-state index contributed by atoms with van der Waals surface area (Å²) in [5.41, 5.74) is 0. The van der Waals surface area contributed by atoms with Crippen molar-refractivity contribution in [3.8, 4) is 34.3 Å². The normalized spacial score (nSPS) is 11.1. The predicted molar refractivity (Wildman–Crippen MR) is 110 cm³/mol. The molecule has 1 aromatic heterocycles. The second-order valence-electron chi connectivity index (χ2n) is 5.89. The molecule has 1 unspecified atom stereocenters. The van der Waals surface area contributed by atoms with Gasteiger partial charge in [-0.1, -0.05) is 48.3 Å². The Balaban J connectivity index is 1.57. The third-order valence-corrected chi connectivity index (χ3v) is 4.39. The lowest BCUT2D eigenvalue weighted by Gasteiger charge is -2.06.